The Morgan fingerprint density at radius 3 is 2.18 bits per heavy atom. The third-order valence-electron chi connectivity index (χ3n) is 3.27. The van der Waals surface area contributed by atoms with E-state index in [0.29, 0.717) is 5.75 Å². The molecule has 1 aliphatic rings. The number of phenolic OH excluding ortho intramolecular Hbond substituents is 1. The van der Waals surface area contributed by atoms with E-state index in [1.165, 1.54) is 9.90 Å². The highest BCUT2D eigenvalue weighted by molar-refractivity contribution is 7.99. The minimum absolute atomic E-state index is 0.318. The summed E-state index contributed by atoms with van der Waals surface area (Å²) in [5, 5.41) is 10.2. The number of hydrogen-bond acceptors (Lipinski definition) is 6. The lowest BCUT2D eigenvalue weighted by Crippen LogP contribution is -2.43. The molecular weight excluding hydrogens is 314 g/mol. The molecule has 0 bridgehead atoms. The maximum absolute atomic E-state index is 9.32. The first kappa shape index (κ1) is 17.0. The van der Waals surface area contributed by atoms with Gasteiger partial charge in [-0.15, -0.1) is 11.3 Å². The predicted molar refractivity (Wildman–Crippen MR) is 97.8 cm³/mol. The van der Waals surface area contributed by atoms with E-state index in [-0.39, 0.29) is 0 Å². The number of phenols is 1. The van der Waals surface area contributed by atoms with Crippen molar-refractivity contribution >= 4 is 34.0 Å². The summed E-state index contributed by atoms with van der Waals surface area (Å²) in [7, 11) is 0. The standard InChI is InChI=1S/C14H17N3OS2.C2H6/c15-13-5-6-14(19-13)20-17-9-7-16(8-10-17)11-1-3-12(18)4-2-11;1-2/h1-6,18H,7-10,15H2;1-2H3. The molecule has 2 heterocycles. The van der Waals surface area contributed by atoms with Gasteiger partial charge in [-0.25, -0.2) is 4.31 Å². The summed E-state index contributed by atoms with van der Waals surface area (Å²) in [6.07, 6.45) is 0. The molecule has 1 aromatic heterocycles. The predicted octanol–water partition coefficient (Wildman–Crippen LogP) is 3.89. The maximum atomic E-state index is 9.32. The average molecular weight is 338 g/mol. The molecule has 0 amide bonds. The summed E-state index contributed by atoms with van der Waals surface area (Å²) in [5.74, 6) is 0.318. The summed E-state index contributed by atoms with van der Waals surface area (Å²) in [6, 6.07) is 11.5. The Morgan fingerprint density at radius 2 is 1.64 bits per heavy atom. The minimum atomic E-state index is 0.318. The van der Waals surface area contributed by atoms with Crippen molar-refractivity contribution in [3.63, 3.8) is 0 Å². The van der Waals surface area contributed by atoms with Crippen LogP contribution in [0.1, 0.15) is 13.8 Å². The molecule has 120 valence electrons. The van der Waals surface area contributed by atoms with Gasteiger partial charge in [-0.3, -0.25) is 0 Å². The van der Waals surface area contributed by atoms with Crippen molar-refractivity contribution in [3.05, 3.63) is 36.4 Å². The van der Waals surface area contributed by atoms with E-state index in [1.54, 1.807) is 35.4 Å². The lowest BCUT2D eigenvalue weighted by molar-refractivity contribution is 0.430. The molecule has 3 rings (SSSR count). The first-order chi connectivity index (χ1) is 10.7. The minimum Gasteiger partial charge on any atom is -0.508 e. The number of thiophene rings is 1. The first-order valence-corrected chi connectivity index (χ1v) is 9.12. The van der Waals surface area contributed by atoms with Crippen LogP contribution in [0.3, 0.4) is 0 Å². The van der Waals surface area contributed by atoms with E-state index in [9.17, 15) is 5.11 Å². The van der Waals surface area contributed by atoms with Gasteiger partial charge in [0, 0.05) is 31.9 Å². The van der Waals surface area contributed by atoms with Crippen molar-refractivity contribution in [2.45, 2.75) is 18.1 Å². The maximum Gasteiger partial charge on any atom is 0.115 e. The average Bonchev–Trinajstić information content (AvgIpc) is 2.96. The highest BCUT2D eigenvalue weighted by atomic mass is 32.2. The molecule has 0 radical (unpaired) electrons. The van der Waals surface area contributed by atoms with Crippen molar-refractivity contribution < 1.29 is 5.11 Å². The van der Waals surface area contributed by atoms with Gasteiger partial charge in [-0.05, 0) is 48.3 Å². The van der Waals surface area contributed by atoms with Gasteiger partial charge in [-0.1, -0.05) is 13.8 Å². The number of hydrogen-bond donors (Lipinski definition) is 2. The number of nitrogens with two attached hydrogens (primary N) is 1. The lowest BCUT2D eigenvalue weighted by atomic mass is 10.2. The van der Waals surface area contributed by atoms with E-state index in [1.807, 2.05) is 32.0 Å². The van der Waals surface area contributed by atoms with E-state index in [4.69, 9.17) is 5.73 Å². The summed E-state index contributed by atoms with van der Waals surface area (Å²) in [5.41, 5.74) is 6.93. The number of nitrogen functional groups attached to an aromatic ring is 1. The van der Waals surface area contributed by atoms with Crippen LogP contribution in [0.4, 0.5) is 10.7 Å². The Hall–Kier alpha value is -1.37. The Labute approximate surface area is 140 Å². The quantitative estimate of drug-likeness (QED) is 0.832. The van der Waals surface area contributed by atoms with Gasteiger partial charge in [0.05, 0.1) is 9.21 Å². The molecule has 0 atom stereocenters. The molecule has 22 heavy (non-hydrogen) atoms. The van der Waals surface area contributed by atoms with E-state index >= 15 is 0 Å². The normalized spacial score (nSPS) is 15.3. The van der Waals surface area contributed by atoms with Crippen LogP contribution in [-0.4, -0.2) is 35.6 Å². The fourth-order valence-electron chi connectivity index (χ4n) is 2.21. The second kappa shape index (κ2) is 8.31. The Kier molecular flexibility index (Phi) is 6.42. The van der Waals surface area contributed by atoms with Gasteiger partial charge >= 0.3 is 0 Å². The van der Waals surface area contributed by atoms with Crippen molar-refractivity contribution in [1.29, 1.82) is 0 Å². The molecule has 1 aliphatic heterocycles. The van der Waals surface area contributed by atoms with Crippen molar-refractivity contribution in [2.24, 2.45) is 0 Å². The van der Waals surface area contributed by atoms with Crippen LogP contribution >= 0.6 is 23.3 Å². The second-order valence-electron chi connectivity index (χ2n) is 4.68. The molecule has 2 aromatic rings. The molecule has 3 N–H and O–H groups in total. The van der Waals surface area contributed by atoms with E-state index in [0.717, 1.165) is 31.2 Å². The third kappa shape index (κ3) is 4.56. The summed E-state index contributed by atoms with van der Waals surface area (Å²) in [6.45, 7) is 8.03. The lowest BCUT2D eigenvalue weighted by Gasteiger charge is -2.35. The second-order valence-corrected chi connectivity index (χ2v) is 7.19. The third-order valence-corrected chi connectivity index (χ3v) is 5.40. The topological polar surface area (TPSA) is 52.7 Å². The zero-order chi connectivity index (χ0) is 15.9. The molecule has 0 spiro atoms. The van der Waals surface area contributed by atoms with Crippen LogP contribution in [0.5, 0.6) is 5.75 Å². The zero-order valence-electron chi connectivity index (χ0n) is 13.0. The molecule has 1 saturated heterocycles. The molecule has 0 unspecified atom stereocenters. The van der Waals surface area contributed by atoms with Gasteiger partial charge < -0.3 is 15.7 Å². The van der Waals surface area contributed by atoms with Gasteiger partial charge in [0.1, 0.15) is 5.75 Å². The number of anilines is 2. The van der Waals surface area contributed by atoms with Crippen LogP contribution in [0, 0.1) is 0 Å². The van der Waals surface area contributed by atoms with Gasteiger partial charge in [0.25, 0.3) is 0 Å². The Morgan fingerprint density at radius 1 is 1.00 bits per heavy atom. The van der Waals surface area contributed by atoms with Crippen LogP contribution in [0.25, 0.3) is 0 Å². The zero-order valence-corrected chi connectivity index (χ0v) is 14.7. The van der Waals surface area contributed by atoms with Gasteiger partial charge in [0.15, 0.2) is 0 Å². The molecule has 1 fully saturated rings. The van der Waals surface area contributed by atoms with Crippen LogP contribution < -0.4 is 10.6 Å². The molecule has 4 nitrogen and oxygen atoms in total. The Bertz CT molecular complexity index is 563. The number of piperazine rings is 1. The number of aromatic hydroxyl groups is 1. The fourth-order valence-corrected chi connectivity index (χ4v) is 4.20. The Balaban J connectivity index is 0.000000847. The van der Waals surface area contributed by atoms with Gasteiger partial charge in [0.2, 0.25) is 0 Å². The van der Waals surface area contributed by atoms with Crippen LogP contribution in [0.2, 0.25) is 0 Å². The monoisotopic (exact) mass is 337 g/mol. The fraction of sp³-hybridized carbons (Fsp3) is 0.375. The summed E-state index contributed by atoms with van der Waals surface area (Å²) in [4.78, 5) is 2.35. The largest absolute Gasteiger partial charge is 0.508 e. The highest BCUT2D eigenvalue weighted by Gasteiger charge is 2.18. The van der Waals surface area contributed by atoms with Crippen molar-refractivity contribution in [2.75, 3.05) is 36.8 Å². The van der Waals surface area contributed by atoms with Crippen LogP contribution in [0.15, 0.2) is 40.6 Å². The number of nitrogens with zero attached hydrogens (tertiary/aromatic N) is 2. The number of benzene rings is 1. The van der Waals surface area contributed by atoms with E-state index < -0.39 is 0 Å². The number of rotatable bonds is 3. The van der Waals surface area contributed by atoms with Crippen molar-refractivity contribution in [1.82, 2.24) is 4.31 Å². The summed E-state index contributed by atoms with van der Waals surface area (Å²) >= 11 is 3.43. The first-order valence-electron chi connectivity index (χ1n) is 7.53. The molecule has 0 saturated carbocycles. The molecule has 1 aromatic carbocycles. The van der Waals surface area contributed by atoms with Gasteiger partial charge in [-0.2, -0.15) is 0 Å². The smallest absolute Gasteiger partial charge is 0.115 e. The highest BCUT2D eigenvalue weighted by Crippen LogP contribution is 2.32. The molecule has 6 heteroatoms. The SMILES string of the molecule is CC.Nc1ccc(SN2CCN(c3ccc(O)cc3)CC2)s1. The molecular formula is C16H23N3OS2. The van der Waals surface area contributed by atoms with E-state index in [2.05, 4.69) is 15.3 Å². The summed E-state index contributed by atoms with van der Waals surface area (Å²) < 4.78 is 3.63. The van der Waals surface area contributed by atoms with Crippen molar-refractivity contribution in [3.8, 4) is 5.75 Å². The van der Waals surface area contributed by atoms with Crippen LogP contribution in [-0.2, 0) is 0 Å². The molecule has 0 aliphatic carbocycles.